The van der Waals surface area contributed by atoms with Crippen molar-refractivity contribution in [3.63, 3.8) is 0 Å². The highest BCUT2D eigenvalue weighted by Crippen LogP contribution is 2.42. The summed E-state index contributed by atoms with van der Waals surface area (Å²) in [4.78, 5) is 37.9. The van der Waals surface area contributed by atoms with Gasteiger partial charge in [-0.15, -0.1) is 0 Å². The van der Waals surface area contributed by atoms with E-state index in [0.29, 0.717) is 23.6 Å². The molecular weight excluding hydrogens is 558 g/mol. The van der Waals surface area contributed by atoms with E-state index < -0.39 is 23.7 Å². The first-order valence-electron chi connectivity index (χ1n) is 10.4. The SMILES string of the molecule is CCOc1ccc([C@@H]2C(C#N)=C(SCC(=O)Nc3ccc(Br)cc3)NC(=O)[C@@H]2C(=O)OC)cc1Cl. The van der Waals surface area contributed by atoms with Crippen molar-refractivity contribution in [2.45, 2.75) is 12.8 Å². The summed E-state index contributed by atoms with van der Waals surface area (Å²) in [5.74, 6) is -3.64. The molecule has 1 aliphatic heterocycles. The van der Waals surface area contributed by atoms with E-state index in [1.54, 1.807) is 42.5 Å². The molecule has 0 radical (unpaired) electrons. The highest BCUT2D eigenvalue weighted by atomic mass is 79.9. The number of allylic oxidation sites excluding steroid dienone is 1. The van der Waals surface area contributed by atoms with Crippen LogP contribution in [0, 0.1) is 17.2 Å². The first-order valence-corrected chi connectivity index (χ1v) is 12.6. The minimum atomic E-state index is -1.30. The maximum absolute atomic E-state index is 12.9. The van der Waals surface area contributed by atoms with Gasteiger partial charge >= 0.3 is 5.97 Å². The van der Waals surface area contributed by atoms with Gasteiger partial charge in [-0.1, -0.05) is 45.4 Å². The molecule has 3 rings (SSSR count). The third-order valence-electron chi connectivity index (χ3n) is 5.07. The van der Waals surface area contributed by atoms with Crippen LogP contribution < -0.4 is 15.4 Å². The molecule has 0 saturated carbocycles. The lowest BCUT2D eigenvalue weighted by atomic mass is 9.78. The number of carbonyl (C=O) groups excluding carboxylic acids is 3. The summed E-state index contributed by atoms with van der Waals surface area (Å²) in [5.41, 5.74) is 1.20. The first kappa shape index (κ1) is 26.6. The van der Waals surface area contributed by atoms with E-state index in [1.807, 2.05) is 6.92 Å². The highest BCUT2D eigenvalue weighted by Gasteiger charge is 2.44. The van der Waals surface area contributed by atoms with Gasteiger partial charge in [-0.25, -0.2) is 0 Å². The van der Waals surface area contributed by atoms with Crippen LogP contribution in [-0.2, 0) is 19.1 Å². The molecule has 2 atom stereocenters. The third kappa shape index (κ3) is 6.36. The van der Waals surface area contributed by atoms with Crippen molar-refractivity contribution in [3.05, 3.63) is 68.1 Å². The van der Waals surface area contributed by atoms with Crippen LogP contribution in [0.15, 0.2) is 57.5 Å². The molecule has 0 saturated heterocycles. The fourth-order valence-corrected chi connectivity index (χ4v) is 4.89. The summed E-state index contributed by atoms with van der Waals surface area (Å²) < 4.78 is 11.2. The Balaban J connectivity index is 1.92. The average molecular weight is 579 g/mol. The Morgan fingerprint density at radius 3 is 2.57 bits per heavy atom. The summed E-state index contributed by atoms with van der Waals surface area (Å²) >= 11 is 10.7. The van der Waals surface area contributed by atoms with Crippen molar-refractivity contribution in [1.29, 1.82) is 5.26 Å². The van der Waals surface area contributed by atoms with E-state index in [2.05, 4.69) is 32.6 Å². The topological polar surface area (TPSA) is 118 Å². The lowest BCUT2D eigenvalue weighted by Gasteiger charge is -2.31. The Morgan fingerprint density at radius 1 is 1.26 bits per heavy atom. The number of halogens is 2. The second kappa shape index (κ2) is 12.1. The number of hydrogen-bond acceptors (Lipinski definition) is 7. The maximum Gasteiger partial charge on any atom is 0.319 e. The van der Waals surface area contributed by atoms with Crippen molar-refractivity contribution in [3.8, 4) is 11.8 Å². The Morgan fingerprint density at radius 2 is 1.97 bits per heavy atom. The van der Waals surface area contributed by atoms with Gasteiger partial charge in [-0.05, 0) is 48.9 Å². The van der Waals surface area contributed by atoms with E-state index in [0.717, 1.165) is 16.2 Å². The van der Waals surface area contributed by atoms with Gasteiger partial charge in [0, 0.05) is 16.1 Å². The summed E-state index contributed by atoms with van der Waals surface area (Å²) in [7, 11) is 1.17. The summed E-state index contributed by atoms with van der Waals surface area (Å²) in [6.45, 7) is 2.22. The van der Waals surface area contributed by atoms with Crippen LogP contribution in [-0.4, -0.2) is 37.3 Å². The quantitative estimate of drug-likeness (QED) is 0.347. The molecule has 1 aliphatic rings. The Labute approximate surface area is 220 Å². The van der Waals surface area contributed by atoms with Gasteiger partial charge < -0.3 is 20.1 Å². The molecule has 0 aliphatic carbocycles. The molecule has 2 amide bonds. The van der Waals surface area contributed by atoms with Gasteiger partial charge in [0.1, 0.15) is 11.7 Å². The Kier molecular flexibility index (Phi) is 9.20. The van der Waals surface area contributed by atoms with Crippen molar-refractivity contribution in [2.24, 2.45) is 5.92 Å². The van der Waals surface area contributed by atoms with Gasteiger partial charge in [0.15, 0.2) is 0 Å². The van der Waals surface area contributed by atoms with Crippen molar-refractivity contribution >= 4 is 62.8 Å². The van der Waals surface area contributed by atoms with Crippen LogP contribution >= 0.6 is 39.3 Å². The molecule has 11 heteroatoms. The lowest BCUT2D eigenvalue weighted by molar-refractivity contribution is -0.150. The number of hydrogen-bond donors (Lipinski definition) is 2. The monoisotopic (exact) mass is 577 g/mol. The number of amides is 2. The molecule has 2 N–H and O–H groups in total. The van der Waals surface area contributed by atoms with Crippen molar-refractivity contribution in [1.82, 2.24) is 5.32 Å². The van der Waals surface area contributed by atoms with E-state index in [9.17, 15) is 19.6 Å². The smallest absolute Gasteiger partial charge is 0.319 e. The first-order chi connectivity index (χ1) is 16.8. The van der Waals surface area contributed by atoms with E-state index >= 15 is 0 Å². The van der Waals surface area contributed by atoms with Crippen LogP contribution in [0.2, 0.25) is 5.02 Å². The summed E-state index contributed by atoms with van der Waals surface area (Å²) in [6, 6.07) is 14.0. The number of carbonyl (C=O) groups is 3. The number of nitrogens with zero attached hydrogens (tertiary/aromatic N) is 1. The molecule has 0 bridgehead atoms. The van der Waals surface area contributed by atoms with Gasteiger partial charge in [-0.3, -0.25) is 14.4 Å². The number of rotatable bonds is 8. The number of nitriles is 1. The number of anilines is 1. The van der Waals surface area contributed by atoms with E-state index in [1.165, 1.54) is 7.11 Å². The molecule has 8 nitrogen and oxygen atoms in total. The molecule has 0 fully saturated rings. The molecule has 2 aromatic rings. The lowest BCUT2D eigenvalue weighted by Crippen LogP contribution is -2.44. The van der Waals surface area contributed by atoms with Crippen LogP contribution in [0.5, 0.6) is 5.75 Å². The average Bonchev–Trinajstić information content (AvgIpc) is 2.84. The maximum atomic E-state index is 12.9. The number of benzene rings is 2. The van der Waals surface area contributed by atoms with Gasteiger partial charge in [0.25, 0.3) is 0 Å². The van der Waals surface area contributed by atoms with Crippen molar-refractivity contribution in [2.75, 3.05) is 24.8 Å². The number of methoxy groups -OCH3 is 1. The Bertz CT molecular complexity index is 1210. The normalized spacial score (nSPS) is 17.3. The van der Waals surface area contributed by atoms with E-state index in [4.69, 9.17) is 21.1 Å². The predicted molar refractivity (Wildman–Crippen MR) is 137 cm³/mol. The molecule has 0 unspecified atom stereocenters. The Hall–Kier alpha value is -3.00. The summed E-state index contributed by atoms with van der Waals surface area (Å²) in [5, 5.41) is 15.8. The van der Waals surface area contributed by atoms with Gasteiger partial charge in [0.05, 0.1) is 41.2 Å². The standard InChI is InChI=1S/C24H21BrClN3O5S/c1-3-34-18-9-4-13(10-17(18)26)20-16(11-27)23(29-22(31)21(20)24(32)33-2)35-12-19(30)28-15-7-5-14(25)6-8-15/h4-10,20-21H,3,12H2,1-2H3,(H,28,30)(H,29,31)/t20-,21-/m1/s1. The van der Waals surface area contributed by atoms with Crippen LogP contribution in [0.3, 0.4) is 0 Å². The predicted octanol–water partition coefficient (Wildman–Crippen LogP) is 4.61. The third-order valence-corrected chi connectivity index (χ3v) is 6.92. The zero-order valence-corrected chi connectivity index (χ0v) is 21.9. The number of ether oxygens (including phenoxy) is 2. The molecule has 2 aromatic carbocycles. The van der Waals surface area contributed by atoms with Gasteiger partial charge in [0.2, 0.25) is 11.8 Å². The summed E-state index contributed by atoms with van der Waals surface area (Å²) in [6.07, 6.45) is 0. The molecular formula is C24H21BrClN3O5S. The molecule has 35 heavy (non-hydrogen) atoms. The number of thioether (sulfide) groups is 1. The zero-order valence-electron chi connectivity index (χ0n) is 18.8. The zero-order chi connectivity index (χ0) is 25.5. The van der Waals surface area contributed by atoms with Crippen LogP contribution in [0.25, 0.3) is 0 Å². The second-order valence-electron chi connectivity index (χ2n) is 7.29. The molecule has 0 spiro atoms. The number of nitrogens with one attached hydrogen (secondary N) is 2. The fraction of sp³-hybridized carbons (Fsp3) is 0.250. The van der Waals surface area contributed by atoms with E-state index in [-0.39, 0.29) is 27.3 Å². The minimum absolute atomic E-state index is 0.0729. The molecule has 182 valence electrons. The molecule has 1 heterocycles. The van der Waals surface area contributed by atoms with Crippen LogP contribution in [0.4, 0.5) is 5.69 Å². The highest BCUT2D eigenvalue weighted by molar-refractivity contribution is 9.10. The molecule has 0 aromatic heterocycles. The van der Waals surface area contributed by atoms with Gasteiger partial charge in [-0.2, -0.15) is 5.26 Å². The van der Waals surface area contributed by atoms with Crippen LogP contribution in [0.1, 0.15) is 18.4 Å². The number of esters is 1. The fourth-order valence-electron chi connectivity index (χ4n) is 3.53. The largest absolute Gasteiger partial charge is 0.492 e. The minimum Gasteiger partial charge on any atom is -0.492 e. The van der Waals surface area contributed by atoms with Crippen molar-refractivity contribution < 1.29 is 23.9 Å². The second-order valence-corrected chi connectivity index (χ2v) is 9.60.